The van der Waals surface area contributed by atoms with E-state index >= 15 is 0 Å². The average molecular weight is 331 g/mol. The number of rotatable bonds is 5. The molecule has 1 saturated heterocycles. The van der Waals surface area contributed by atoms with Crippen LogP contribution < -0.4 is 15.4 Å². The van der Waals surface area contributed by atoms with Crippen LogP contribution in [0.1, 0.15) is 39.0 Å². The predicted octanol–water partition coefficient (Wildman–Crippen LogP) is 2.63. The maximum atomic E-state index is 12.6. The summed E-state index contributed by atoms with van der Waals surface area (Å²) in [6.45, 7) is 5.92. The summed E-state index contributed by atoms with van der Waals surface area (Å²) in [6.07, 6.45) is 6.26. The van der Waals surface area contributed by atoms with Crippen LogP contribution in [0.2, 0.25) is 0 Å². The highest BCUT2D eigenvalue weighted by molar-refractivity contribution is 5.93. The Morgan fingerprint density at radius 3 is 2.88 bits per heavy atom. The third-order valence-corrected chi connectivity index (χ3v) is 5.26. The molecule has 0 aromatic heterocycles. The lowest BCUT2D eigenvalue weighted by Gasteiger charge is -2.49. The van der Waals surface area contributed by atoms with Crippen molar-refractivity contribution in [2.75, 3.05) is 38.1 Å². The fourth-order valence-corrected chi connectivity index (χ4v) is 4.05. The number of carbonyl (C=O) groups excluding carboxylic acids is 1. The van der Waals surface area contributed by atoms with Crippen LogP contribution in [0.3, 0.4) is 0 Å². The molecule has 1 aromatic rings. The SMILES string of the molecule is CCOc1ccccc1NC(=O)CN1CCNCC12CCCCC2. The first-order valence-electron chi connectivity index (χ1n) is 9.21. The van der Waals surface area contributed by atoms with Crippen LogP contribution in [0.4, 0.5) is 5.69 Å². The Hall–Kier alpha value is -1.59. The van der Waals surface area contributed by atoms with Crippen molar-refractivity contribution in [3.63, 3.8) is 0 Å². The molecule has 1 heterocycles. The van der Waals surface area contributed by atoms with Crippen LogP contribution in [-0.4, -0.2) is 49.1 Å². The molecule has 1 aromatic carbocycles. The highest BCUT2D eigenvalue weighted by Crippen LogP contribution is 2.34. The molecule has 2 aliphatic rings. The smallest absolute Gasteiger partial charge is 0.238 e. The van der Waals surface area contributed by atoms with Gasteiger partial charge in [0.2, 0.25) is 5.91 Å². The van der Waals surface area contributed by atoms with E-state index < -0.39 is 0 Å². The summed E-state index contributed by atoms with van der Waals surface area (Å²) < 4.78 is 5.60. The zero-order valence-electron chi connectivity index (χ0n) is 14.6. The summed E-state index contributed by atoms with van der Waals surface area (Å²) in [5, 5.41) is 6.57. The Kier molecular flexibility index (Phi) is 5.74. The monoisotopic (exact) mass is 331 g/mol. The van der Waals surface area contributed by atoms with Crippen molar-refractivity contribution in [2.24, 2.45) is 0 Å². The van der Waals surface area contributed by atoms with Gasteiger partial charge in [0, 0.05) is 25.2 Å². The zero-order valence-corrected chi connectivity index (χ0v) is 14.6. The first-order valence-corrected chi connectivity index (χ1v) is 9.21. The van der Waals surface area contributed by atoms with Gasteiger partial charge in [0.1, 0.15) is 5.75 Å². The van der Waals surface area contributed by atoms with E-state index in [1.165, 1.54) is 32.1 Å². The number of anilines is 1. The van der Waals surface area contributed by atoms with Crippen LogP contribution in [0.15, 0.2) is 24.3 Å². The zero-order chi connectivity index (χ0) is 16.8. The Morgan fingerprint density at radius 1 is 1.29 bits per heavy atom. The van der Waals surface area contributed by atoms with Crippen molar-refractivity contribution in [2.45, 2.75) is 44.6 Å². The number of benzene rings is 1. The summed E-state index contributed by atoms with van der Waals surface area (Å²) in [6, 6.07) is 7.64. The van der Waals surface area contributed by atoms with Crippen molar-refractivity contribution < 1.29 is 9.53 Å². The summed E-state index contributed by atoms with van der Waals surface area (Å²) in [7, 11) is 0. The molecule has 0 unspecified atom stereocenters. The third-order valence-electron chi connectivity index (χ3n) is 5.26. The van der Waals surface area contributed by atoms with E-state index in [1.54, 1.807) is 0 Å². The van der Waals surface area contributed by atoms with Crippen LogP contribution in [0.25, 0.3) is 0 Å². The predicted molar refractivity (Wildman–Crippen MR) is 96.5 cm³/mol. The fourth-order valence-electron chi connectivity index (χ4n) is 4.05. The number of hydrogen-bond donors (Lipinski definition) is 2. The minimum atomic E-state index is 0.0500. The minimum absolute atomic E-state index is 0.0500. The van der Waals surface area contributed by atoms with Crippen molar-refractivity contribution in [3.05, 3.63) is 24.3 Å². The number of nitrogens with zero attached hydrogens (tertiary/aromatic N) is 1. The average Bonchev–Trinajstić information content (AvgIpc) is 2.60. The lowest BCUT2D eigenvalue weighted by atomic mass is 9.79. The quantitative estimate of drug-likeness (QED) is 0.871. The summed E-state index contributed by atoms with van der Waals surface area (Å²) >= 11 is 0. The molecule has 0 bridgehead atoms. The molecule has 0 atom stereocenters. The number of hydrogen-bond acceptors (Lipinski definition) is 4. The van der Waals surface area contributed by atoms with E-state index in [4.69, 9.17) is 4.74 Å². The first-order chi connectivity index (χ1) is 11.7. The molecule has 1 saturated carbocycles. The second kappa shape index (κ2) is 7.99. The molecule has 2 N–H and O–H groups in total. The molecule has 132 valence electrons. The standard InChI is InChI=1S/C19H29N3O2/c1-2-24-17-9-5-4-8-16(17)21-18(23)14-22-13-12-20-15-19(22)10-6-3-7-11-19/h4-5,8-9,20H,2-3,6-7,10-15H2,1H3,(H,21,23). The van der Waals surface area contributed by atoms with Gasteiger partial charge in [-0.1, -0.05) is 31.4 Å². The second-order valence-corrected chi connectivity index (χ2v) is 6.86. The molecular formula is C19H29N3O2. The van der Waals surface area contributed by atoms with Gasteiger partial charge in [-0.3, -0.25) is 9.69 Å². The van der Waals surface area contributed by atoms with Gasteiger partial charge in [0.05, 0.1) is 18.8 Å². The van der Waals surface area contributed by atoms with E-state index in [-0.39, 0.29) is 11.4 Å². The number of nitrogens with one attached hydrogen (secondary N) is 2. The maximum absolute atomic E-state index is 12.6. The topological polar surface area (TPSA) is 53.6 Å². The van der Waals surface area contributed by atoms with Crippen LogP contribution in [-0.2, 0) is 4.79 Å². The van der Waals surface area contributed by atoms with Gasteiger partial charge in [-0.15, -0.1) is 0 Å². The molecule has 1 aliphatic carbocycles. The van der Waals surface area contributed by atoms with E-state index in [0.29, 0.717) is 13.2 Å². The van der Waals surface area contributed by atoms with E-state index in [2.05, 4.69) is 15.5 Å². The number of carbonyl (C=O) groups is 1. The van der Waals surface area contributed by atoms with Gasteiger partial charge in [0.25, 0.3) is 0 Å². The molecule has 1 spiro atoms. The maximum Gasteiger partial charge on any atom is 0.238 e. The van der Waals surface area contributed by atoms with E-state index in [0.717, 1.165) is 31.1 Å². The lowest BCUT2D eigenvalue weighted by molar-refractivity contribution is -0.120. The van der Waals surface area contributed by atoms with Gasteiger partial charge < -0.3 is 15.4 Å². The van der Waals surface area contributed by atoms with Crippen molar-refractivity contribution in [3.8, 4) is 5.75 Å². The Labute approximate surface area is 144 Å². The number of para-hydroxylation sites is 2. The van der Waals surface area contributed by atoms with Crippen molar-refractivity contribution in [1.29, 1.82) is 0 Å². The van der Waals surface area contributed by atoms with Crippen molar-refractivity contribution in [1.82, 2.24) is 10.2 Å². The highest BCUT2D eigenvalue weighted by atomic mass is 16.5. The second-order valence-electron chi connectivity index (χ2n) is 6.86. The molecule has 3 rings (SSSR count). The van der Waals surface area contributed by atoms with Crippen molar-refractivity contribution >= 4 is 11.6 Å². The Morgan fingerprint density at radius 2 is 2.08 bits per heavy atom. The van der Waals surface area contributed by atoms with Gasteiger partial charge in [-0.2, -0.15) is 0 Å². The molecule has 1 amide bonds. The van der Waals surface area contributed by atoms with Crippen LogP contribution in [0.5, 0.6) is 5.75 Å². The highest BCUT2D eigenvalue weighted by Gasteiger charge is 2.40. The Balaban J connectivity index is 1.65. The minimum Gasteiger partial charge on any atom is -0.492 e. The summed E-state index contributed by atoms with van der Waals surface area (Å²) in [5.74, 6) is 0.787. The Bertz CT molecular complexity index is 547. The van der Waals surface area contributed by atoms with Gasteiger partial charge >= 0.3 is 0 Å². The van der Waals surface area contributed by atoms with Gasteiger partial charge in [-0.25, -0.2) is 0 Å². The number of amides is 1. The largest absolute Gasteiger partial charge is 0.492 e. The van der Waals surface area contributed by atoms with Crippen LogP contribution >= 0.6 is 0 Å². The van der Waals surface area contributed by atoms with Crippen LogP contribution in [0, 0.1) is 0 Å². The molecule has 1 aliphatic heterocycles. The molecule has 5 nitrogen and oxygen atoms in total. The number of ether oxygens (including phenoxy) is 1. The van der Waals surface area contributed by atoms with Gasteiger partial charge in [0.15, 0.2) is 0 Å². The normalized spacial score (nSPS) is 20.7. The van der Waals surface area contributed by atoms with Gasteiger partial charge in [-0.05, 0) is 31.9 Å². The summed E-state index contributed by atoms with van der Waals surface area (Å²) in [4.78, 5) is 15.0. The molecule has 2 fully saturated rings. The van der Waals surface area contributed by atoms with E-state index in [1.807, 2.05) is 31.2 Å². The lowest BCUT2D eigenvalue weighted by Crippen LogP contribution is -2.63. The number of piperazine rings is 1. The molecule has 5 heteroatoms. The third kappa shape index (κ3) is 3.90. The molecule has 24 heavy (non-hydrogen) atoms. The summed E-state index contributed by atoms with van der Waals surface area (Å²) in [5.41, 5.74) is 0.935. The molecule has 0 radical (unpaired) electrons. The molecular weight excluding hydrogens is 302 g/mol. The van der Waals surface area contributed by atoms with E-state index in [9.17, 15) is 4.79 Å². The fraction of sp³-hybridized carbons (Fsp3) is 0.632. The first kappa shape index (κ1) is 17.2.